The standard InChI is InChI=1S/C18H17FN2O3S/c1-20-18(22)11-21-10-17(15-4-2-3-5-16(15)21)25(23,24)12-13-6-8-14(19)9-7-13/h2-10H,11-12H2,1H3,(H,20,22). The van der Waals surface area contributed by atoms with Gasteiger partial charge in [0.2, 0.25) is 5.91 Å². The molecule has 1 aromatic heterocycles. The second-order valence-electron chi connectivity index (χ2n) is 5.70. The van der Waals surface area contributed by atoms with E-state index in [-0.39, 0.29) is 23.1 Å². The van der Waals surface area contributed by atoms with Crippen molar-refractivity contribution in [3.05, 3.63) is 66.1 Å². The Bertz CT molecular complexity index is 1020. The highest BCUT2D eigenvalue weighted by atomic mass is 32.2. The molecule has 0 aliphatic carbocycles. The minimum atomic E-state index is -3.65. The number of fused-ring (bicyclic) bond motifs is 1. The molecule has 0 saturated heterocycles. The van der Waals surface area contributed by atoms with E-state index < -0.39 is 15.7 Å². The van der Waals surface area contributed by atoms with Crippen LogP contribution in [-0.4, -0.2) is 25.9 Å². The molecule has 5 nitrogen and oxygen atoms in total. The number of hydrogen-bond donors (Lipinski definition) is 1. The van der Waals surface area contributed by atoms with Crippen molar-refractivity contribution in [1.82, 2.24) is 9.88 Å². The average Bonchev–Trinajstić information content (AvgIpc) is 2.96. The maximum Gasteiger partial charge on any atom is 0.239 e. The van der Waals surface area contributed by atoms with Crippen molar-refractivity contribution >= 4 is 26.6 Å². The fourth-order valence-corrected chi connectivity index (χ4v) is 4.29. The van der Waals surface area contributed by atoms with E-state index in [4.69, 9.17) is 0 Å². The lowest BCUT2D eigenvalue weighted by Gasteiger charge is -2.04. The van der Waals surface area contributed by atoms with Gasteiger partial charge in [-0.1, -0.05) is 30.3 Å². The van der Waals surface area contributed by atoms with Crippen molar-refractivity contribution in [3.63, 3.8) is 0 Å². The monoisotopic (exact) mass is 360 g/mol. The van der Waals surface area contributed by atoms with Crippen LogP contribution in [-0.2, 0) is 26.9 Å². The molecule has 0 fully saturated rings. The molecule has 3 aromatic rings. The average molecular weight is 360 g/mol. The summed E-state index contributed by atoms with van der Waals surface area (Å²) in [5.41, 5.74) is 1.17. The molecule has 0 radical (unpaired) electrons. The van der Waals surface area contributed by atoms with Crippen LogP contribution in [0.2, 0.25) is 0 Å². The first kappa shape index (κ1) is 17.2. The molecule has 7 heteroatoms. The molecule has 1 heterocycles. The van der Waals surface area contributed by atoms with Gasteiger partial charge >= 0.3 is 0 Å². The molecule has 3 rings (SSSR count). The van der Waals surface area contributed by atoms with Crippen LogP contribution < -0.4 is 5.32 Å². The summed E-state index contributed by atoms with van der Waals surface area (Å²) in [7, 11) is -2.12. The van der Waals surface area contributed by atoms with E-state index in [1.54, 1.807) is 28.8 Å². The largest absolute Gasteiger partial charge is 0.358 e. The Hall–Kier alpha value is -2.67. The SMILES string of the molecule is CNC(=O)Cn1cc(S(=O)(=O)Cc2ccc(F)cc2)c2ccccc21. The van der Waals surface area contributed by atoms with Gasteiger partial charge in [-0.3, -0.25) is 4.79 Å². The first-order chi connectivity index (χ1) is 11.9. The fraction of sp³-hybridized carbons (Fsp3) is 0.167. The van der Waals surface area contributed by atoms with Crippen LogP contribution in [0.4, 0.5) is 4.39 Å². The van der Waals surface area contributed by atoms with Crippen molar-refractivity contribution in [2.75, 3.05) is 7.05 Å². The van der Waals surface area contributed by atoms with E-state index in [9.17, 15) is 17.6 Å². The third kappa shape index (κ3) is 3.56. The van der Waals surface area contributed by atoms with Crippen molar-refractivity contribution in [3.8, 4) is 0 Å². The summed E-state index contributed by atoms with van der Waals surface area (Å²) in [6.45, 7) is 0.0308. The lowest BCUT2D eigenvalue weighted by atomic mass is 10.2. The molecular weight excluding hydrogens is 343 g/mol. The lowest BCUT2D eigenvalue weighted by molar-refractivity contribution is -0.121. The van der Waals surface area contributed by atoms with Crippen LogP contribution >= 0.6 is 0 Å². The second-order valence-corrected chi connectivity index (χ2v) is 7.66. The highest BCUT2D eigenvalue weighted by Gasteiger charge is 2.22. The number of benzene rings is 2. The number of nitrogens with zero attached hydrogens (tertiary/aromatic N) is 1. The van der Waals surface area contributed by atoms with Crippen LogP contribution in [0.25, 0.3) is 10.9 Å². The Morgan fingerprint density at radius 2 is 1.80 bits per heavy atom. The minimum absolute atomic E-state index is 0.0308. The van der Waals surface area contributed by atoms with Gasteiger partial charge in [-0.05, 0) is 23.8 Å². The molecule has 2 aromatic carbocycles. The van der Waals surface area contributed by atoms with Gasteiger partial charge in [0, 0.05) is 24.1 Å². The Kier molecular flexibility index (Phi) is 4.59. The van der Waals surface area contributed by atoms with Crippen molar-refractivity contribution in [2.24, 2.45) is 0 Å². The number of carbonyl (C=O) groups excluding carboxylic acids is 1. The van der Waals surface area contributed by atoms with Crippen LogP contribution in [0.15, 0.2) is 59.6 Å². The molecule has 1 amide bonds. The van der Waals surface area contributed by atoms with E-state index in [1.165, 1.54) is 37.5 Å². The van der Waals surface area contributed by atoms with Gasteiger partial charge in [0.25, 0.3) is 0 Å². The fourth-order valence-electron chi connectivity index (χ4n) is 2.70. The summed E-state index contributed by atoms with van der Waals surface area (Å²) < 4.78 is 40.4. The van der Waals surface area contributed by atoms with Gasteiger partial charge in [-0.25, -0.2) is 12.8 Å². The highest BCUT2D eigenvalue weighted by Crippen LogP contribution is 2.28. The molecule has 130 valence electrons. The van der Waals surface area contributed by atoms with Crippen molar-refractivity contribution in [2.45, 2.75) is 17.2 Å². The molecule has 0 aliphatic rings. The first-order valence-corrected chi connectivity index (χ1v) is 9.31. The predicted octanol–water partition coefficient (Wildman–Crippen LogP) is 2.50. The van der Waals surface area contributed by atoms with E-state index in [2.05, 4.69) is 5.32 Å². The summed E-state index contributed by atoms with van der Waals surface area (Å²) in [5.74, 6) is -0.868. The molecule has 0 bridgehead atoms. The Balaban J connectivity index is 2.04. The van der Waals surface area contributed by atoms with Gasteiger partial charge in [0.15, 0.2) is 9.84 Å². The van der Waals surface area contributed by atoms with Crippen LogP contribution in [0.1, 0.15) is 5.56 Å². The Morgan fingerprint density at radius 1 is 1.12 bits per heavy atom. The molecule has 0 spiro atoms. The zero-order chi connectivity index (χ0) is 18.0. The van der Waals surface area contributed by atoms with Crippen molar-refractivity contribution < 1.29 is 17.6 Å². The molecule has 25 heavy (non-hydrogen) atoms. The number of carbonyl (C=O) groups is 1. The zero-order valence-electron chi connectivity index (χ0n) is 13.6. The second kappa shape index (κ2) is 6.68. The number of halogens is 1. The van der Waals surface area contributed by atoms with Crippen LogP contribution in [0.3, 0.4) is 0 Å². The summed E-state index contributed by atoms with van der Waals surface area (Å²) in [6, 6.07) is 12.4. The number of para-hydroxylation sites is 1. The number of sulfone groups is 1. The number of nitrogens with one attached hydrogen (secondary N) is 1. The quantitative estimate of drug-likeness (QED) is 0.760. The van der Waals surface area contributed by atoms with Gasteiger partial charge in [0.05, 0.1) is 10.6 Å². The number of amides is 1. The molecule has 0 unspecified atom stereocenters. The van der Waals surface area contributed by atoms with E-state index >= 15 is 0 Å². The third-order valence-electron chi connectivity index (χ3n) is 3.95. The summed E-state index contributed by atoms with van der Waals surface area (Å²) in [6.07, 6.45) is 1.48. The minimum Gasteiger partial charge on any atom is -0.358 e. The third-order valence-corrected chi connectivity index (χ3v) is 5.66. The summed E-state index contributed by atoms with van der Waals surface area (Å²) >= 11 is 0. The van der Waals surface area contributed by atoms with E-state index in [0.29, 0.717) is 16.5 Å². The zero-order valence-corrected chi connectivity index (χ0v) is 14.4. The van der Waals surface area contributed by atoms with Gasteiger partial charge < -0.3 is 9.88 Å². The van der Waals surface area contributed by atoms with Gasteiger partial charge in [0.1, 0.15) is 12.4 Å². The maximum atomic E-state index is 13.0. The van der Waals surface area contributed by atoms with Crippen LogP contribution in [0.5, 0.6) is 0 Å². The maximum absolute atomic E-state index is 13.0. The Labute approximate surface area is 145 Å². The predicted molar refractivity (Wildman–Crippen MR) is 93.3 cm³/mol. The molecule has 1 N–H and O–H groups in total. The number of rotatable bonds is 5. The Morgan fingerprint density at radius 3 is 2.48 bits per heavy atom. The number of hydrogen-bond acceptors (Lipinski definition) is 3. The van der Waals surface area contributed by atoms with E-state index in [1.807, 2.05) is 0 Å². The topological polar surface area (TPSA) is 68.2 Å². The highest BCUT2D eigenvalue weighted by molar-refractivity contribution is 7.90. The molecular formula is C18H17FN2O3S. The smallest absolute Gasteiger partial charge is 0.239 e. The van der Waals surface area contributed by atoms with Gasteiger partial charge in [-0.2, -0.15) is 0 Å². The first-order valence-electron chi connectivity index (χ1n) is 7.66. The molecule has 0 atom stereocenters. The summed E-state index contributed by atoms with van der Waals surface area (Å²) in [5, 5.41) is 3.09. The molecule has 0 aliphatic heterocycles. The number of aromatic nitrogens is 1. The summed E-state index contributed by atoms with van der Waals surface area (Å²) in [4.78, 5) is 11.9. The molecule has 0 saturated carbocycles. The normalized spacial score (nSPS) is 11.6. The van der Waals surface area contributed by atoms with Crippen molar-refractivity contribution in [1.29, 1.82) is 0 Å². The van der Waals surface area contributed by atoms with E-state index in [0.717, 1.165) is 0 Å². The lowest BCUT2D eigenvalue weighted by Crippen LogP contribution is -2.23. The number of likely N-dealkylation sites (N-methyl/N-ethyl adjacent to an activating group) is 1. The van der Waals surface area contributed by atoms with Crippen LogP contribution in [0, 0.1) is 5.82 Å². The van der Waals surface area contributed by atoms with Gasteiger partial charge in [-0.15, -0.1) is 0 Å².